The minimum atomic E-state index is -0.260. The highest BCUT2D eigenvalue weighted by Crippen LogP contribution is 2.18. The van der Waals surface area contributed by atoms with E-state index in [-0.39, 0.29) is 11.8 Å². The van der Waals surface area contributed by atoms with Crippen LogP contribution in [0.25, 0.3) is 6.08 Å². The second-order valence-corrected chi connectivity index (χ2v) is 5.23. The number of hydrogen-bond donors (Lipinski definition) is 2. The molecular weight excluding hydrogens is 332 g/mol. The summed E-state index contributed by atoms with van der Waals surface area (Å²) < 4.78 is 0.961. The Labute approximate surface area is 131 Å². The largest absolute Gasteiger partial charge is 0.508 e. The van der Waals surface area contributed by atoms with Gasteiger partial charge in [-0.25, -0.2) is 4.79 Å². The van der Waals surface area contributed by atoms with Gasteiger partial charge in [0.25, 0.3) is 0 Å². The molecule has 0 saturated carbocycles. The molecule has 2 rings (SSSR count). The van der Waals surface area contributed by atoms with Crippen LogP contribution in [-0.2, 0) is 0 Å². The van der Waals surface area contributed by atoms with Crippen molar-refractivity contribution in [3.05, 3.63) is 64.8 Å². The van der Waals surface area contributed by atoms with Gasteiger partial charge in [-0.05, 0) is 42.0 Å². The molecule has 0 saturated heterocycles. The van der Waals surface area contributed by atoms with Crippen molar-refractivity contribution in [1.82, 2.24) is 5.32 Å². The van der Waals surface area contributed by atoms with Crippen molar-refractivity contribution >= 4 is 33.7 Å². The van der Waals surface area contributed by atoms with Gasteiger partial charge in [0, 0.05) is 23.4 Å². The summed E-state index contributed by atoms with van der Waals surface area (Å²) in [5.41, 5.74) is 1.67. The molecule has 108 valence electrons. The maximum absolute atomic E-state index is 12.0. The summed E-state index contributed by atoms with van der Waals surface area (Å²) >= 11 is 3.44. The Morgan fingerprint density at radius 2 is 1.86 bits per heavy atom. The predicted molar refractivity (Wildman–Crippen MR) is 88.2 cm³/mol. The Bertz CT molecular complexity index is 654. The molecule has 2 N–H and O–H groups in total. The quantitative estimate of drug-likeness (QED) is 0.883. The molecule has 0 fully saturated rings. The highest BCUT2D eigenvalue weighted by atomic mass is 79.9. The monoisotopic (exact) mass is 346 g/mol. The van der Waals surface area contributed by atoms with Crippen LogP contribution >= 0.6 is 15.9 Å². The fourth-order valence-electron chi connectivity index (χ4n) is 1.70. The number of halogens is 1. The van der Waals surface area contributed by atoms with Gasteiger partial charge in [0.2, 0.25) is 0 Å². The number of benzene rings is 2. The zero-order valence-electron chi connectivity index (χ0n) is 11.5. The van der Waals surface area contributed by atoms with Crippen LogP contribution in [-0.4, -0.2) is 18.2 Å². The van der Waals surface area contributed by atoms with Crippen LogP contribution in [0.1, 0.15) is 5.56 Å². The first-order valence-electron chi connectivity index (χ1n) is 6.32. The van der Waals surface area contributed by atoms with Crippen LogP contribution in [0.5, 0.6) is 5.75 Å². The summed E-state index contributed by atoms with van der Waals surface area (Å²) in [7, 11) is 1.66. The number of rotatable bonds is 3. The molecule has 2 aromatic rings. The van der Waals surface area contributed by atoms with Gasteiger partial charge in [-0.3, -0.25) is 4.90 Å². The van der Waals surface area contributed by atoms with E-state index in [4.69, 9.17) is 0 Å². The number of anilines is 1. The Balaban J connectivity index is 1.98. The molecule has 2 aromatic carbocycles. The normalized spacial score (nSPS) is 10.6. The third-order valence-corrected chi connectivity index (χ3v) is 3.64. The van der Waals surface area contributed by atoms with E-state index in [1.807, 2.05) is 30.3 Å². The second kappa shape index (κ2) is 6.95. The summed E-state index contributed by atoms with van der Waals surface area (Å²) in [6, 6.07) is 13.9. The number of phenols is 1. The van der Waals surface area contributed by atoms with E-state index >= 15 is 0 Å². The van der Waals surface area contributed by atoms with Crippen LogP contribution in [0.4, 0.5) is 10.5 Å². The van der Waals surface area contributed by atoms with E-state index < -0.39 is 0 Å². The number of nitrogens with one attached hydrogen (secondary N) is 1. The molecule has 4 nitrogen and oxygen atoms in total. The number of amides is 2. The van der Waals surface area contributed by atoms with Gasteiger partial charge >= 0.3 is 6.03 Å². The lowest BCUT2D eigenvalue weighted by molar-refractivity contribution is 0.250. The third-order valence-electron chi connectivity index (χ3n) is 2.92. The number of carbonyl (C=O) groups excluding carboxylic acids is 1. The average Bonchev–Trinajstić information content (AvgIpc) is 2.49. The Morgan fingerprint density at radius 3 is 2.52 bits per heavy atom. The number of urea groups is 1. The maximum Gasteiger partial charge on any atom is 0.325 e. The van der Waals surface area contributed by atoms with Gasteiger partial charge in [0.15, 0.2) is 0 Å². The fourth-order valence-corrected chi connectivity index (χ4v) is 2.12. The molecule has 21 heavy (non-hydrogen) atoms. The summed E-state index contributed by atoms with van der Waals surface area (Å²) in [4.78, 5) is 13.5. The van der Waals surface area contributed by atoms with Gasteiger partial charge in [-0.15, -0.1) is 0 Å². The van der Waals surface area contributed by atoms with Crippen molar-refractivity contribution in [2.45, 2.75) is 0 Å². The maximum atomic E-state index is 12.0. The SMILES string of the molecule is CN(C(=O)N/C=C/c1ccccc1Br)c1ccc(O)cc1. The summed E-state index contributed by atoms with van der Waals surface area (Å²) in [6.07, 6.45) is 3.41. The first kappa shape index (κ1) is 15.1. The van der Waals surface area contributed by atoms with Gasteiger partial charge < -0.3 is 10.4 Å². The molecule has 0 radical (unpaired) electrons. The van der Waals surface area contributed by atoms with E-state index in [1.54, 1.807) is 25.4 Å². The number of carbonyl (C=O) groups is 1. The summed E-state index contributed by atoms with van der Waals surface area (Å²) in [5, 5.41) is 11.9. The Hall–Kier alpha value is -2.27. The standard InChI is InChI=1S/C16H15BrN2O2/c1-19(13-6-8-14(20)9-7-13)16(21)18-11-10-12-4-2-3-5-15(12)17/h2-11,20H,1H3,(H,18,21)/b11-10+. The lowest BCUT2D eigenvalue weighted by atomic mass is 10.2. The number of aromatic hydroxyl groups is 1. The van der Waals surface area contributed by atoms with E-state index in [0.717, 1.165) is 10.0 Å². The summed E-state index contributed by atoms with van der Waals surface area (Å²) in [6.45, 7) is 0. The van der Waals surface area contributed by atoms with Crippen LogP contribution in [0.15, 0.2) is 59.2 Å². The average molecular weight is 347 g/mol. The third kappa shape index (κ3) is 4.10. The zero-order valence-corrected chi connectivity index (χ0v) is 13.0. The van der Waals surface area contributed by atoms with Crippen molar-refractivity contribution in [2.24, 2.45) is 0 Å². The molecule has 0 spiro atoms. The smallest absolute Gasteiger partial charge is 0.325 e. The van der Waals surface area contributed by atoms with Crippen LogP contribution < -0.4 is 10.2 Å². The van der Waals surface area contributed by atoms with Crippen LogP contribution in [0.3, 0.4) is 0 Å². The Morgan fingerprint density at radius 1 is 1.19 bits per heavy atom. The molecule has 5 heteroatoms. The Kier molecular flexibility index (Phi) is 5.00. The van der Waals surface area contributed by atoms with Gasteiger partial charge in [-0.2, -0.15) is 0 Å². The molecule has 0 atom stereocenters. The molecule has 0 aromatic heterocycles. The van der Waals surface area contributed by atoms with Crippen LogP contribution in [0.2, 0.25) is 0 Å². The minimum absolute atomic E-state index is 0.168. The van der Waals surface area contributed by atoms with Gasteiger partial charge in [0.1, 0.15) is 5.75 Å². The van der Waals surface area contributed by atoms with Gasteiger partial charge in [0.05, 0.1) is 0 Å². The number of hydrogen-bond acceptors (Lipinski definition) is 2. The summed E-state index contributed by atoms with van der Waals surface area (Å²) in [5.74, 6) is 0.168. The minimum Gasteiger partial charge on any atom is -0.508 e. The molecule has 0 aliphatic heterocycles. The highest BCUT2D eigenvalue weighted by molar-refractivity contribution is 9.10. The molecule has 2 amide bonds. The first-order chi connectivity index (χ1) is 10.1. The van der Waals surface area contributed by atoms with Crippen molar-refractivity contribution in [3.8, 4) is 5.75 Å². The van der Waals surface area contributed by atoms with Crippen molar-refractivity contribution < 1.29 is 9.90 Å². The van der Waals surface area contributed by atoms with Crippen molar-refractivity contribution in [2.75, 3.05) is 11.9 Å². The van der Waals surface area contributed by atoms with Crippen molar-refractivity contribution in [1.29, 1.82) is 0 Å². The molecule has 0 aliphatic carbocycles. The molecular formula is C16H15BrN2O2. The van der Waals surface area contributed by atoms with Crippen LogP contribution in [0, 0.1) is 0 Å². The number of phenolic OH excluding ortho intramolecular Hbond substituents is 1. The van der Waals surface area contributed by atoms with Gasteiger partial charge in [-0.1, -0.05) is 34.1 Å². The topological polar surface area (TPSA) is 52.6 Å². The zero-order chi connectivity index (χ0) is 15.2. The van der Waals surface area contributed by atoms with E-state index in [2.05, 4.69) is 21.2 Å². The van der Waals surface area contributed by atoms with E-state index in [1.165, 1.54) is 17.0 Å². The molecule has 0 aliphatic rings. The fraction of sp³-hybridized carbons (Fsp3) is 0.0625. The molecule has 0 bridgehead atoms. The highest BCUT2D eigenvalue weighted by Gasteiger charge is 2.08. The number of nitrogens with zero attached hydrogens (tertiary/aromatic N) is 1. The molecule has 0 heterocycles. The molecule has 0 unspecified atom stereocenters. The van der Waals surface area contributed by atoms with E-state index in [9.17, 15) is 9.90 Å². The predicted octanol–water partition coefficient (Wildman–Crippen LogP) is 3.97. The lowest BCUT2D eigenvalue weighted by Gasteiger charge is -2.16. The first-order valence-corrected chi connectivity index (χ1v) is 7.11. The van der Waals surface area contributed by atoms with Crippen molar-refractivity contribution in [3.63, 3.8) is 0 Å². The lowest BCUT2D eigenvalue weighted by Crippen LogP contribution is -2.34. The van der Waals surface area contributed by atoms with E-state index in [0.29, 0.717) is 5.69 Å². The second-order valence-electron chi connectivity index (χ2n) is 4.38.